The molecule has 218 valence electrons. The van der Waals surface area contributed by atoms with Gasteiger partial charge in [-0.25, -0.2) is 17.5 Å². The number of carbonyl (C=O) groups excluding carboxylic acids is 1. The minimum Gasteiger partial charge on any atom is -0.406 e. The maximum absolute atomic E-state index is 12.9. The van der Waals surface area contributed by atoms with Gasteiger partial charge in [-0.15, -0.1) is 13.2 Å². The van der Waals surface area contributed by atoms with E-state index in [-0.39, 0.29) is 11.2 Å². The Balaban J connectivity index is 1.34. The van der Waals surface area contributed by atoms with Crippen LogP contribution in [0.4, 0.5) is 40.7 Å². The van der Waals surface area contributed by atoms with Crippen molar-refractivity contribution in [1.29, 1.82) is 0 Å². The van der Waals surface area contributed by atoms with Crippen molar-refractivity contribution in [2.45, 2.75) is 43.7 Å². The average Bonchev–Trinajstić information content (AvgIpc) is 3.23. The van der Waals surface area contributed by atoms with E-state index in [1.165, 1.54) is 12.1 Å². The summed E-state index contributed by atoms with van der Waals surface area (Å²) in [5, 5.41) is 5.02. The molecule has 0 saturated carbocycles. The zero-order chi connectivity index (χ0) is 29.4. The monoisotopic (exact) mass is 588 g/mol. The summed E-state index contributed by atoms with van der Waals surface area (Å²) >= 11 is 0. The number of anilines is 4. The lowest BCUT2D eigenvalue weighted by Gasteiger charge is -2.40. The second-order valence-electron chi connectivity index (χ2n) is 10.5. The van der Waals surface area contributed by atoms with Crippen molar-refractivity contribution in [3.05, 3.63) is 78.4 Å². The molecule has 0 bridgehead atoms. The summed E-state index contributed by atoms with van der Waals surface area (Å²) in [7, 11) is -3.34. The number of amides is 2. The van der Waals surface area contributed by atoms with Gasteiger partial charge < -0.3 is 20.3 Å². The number of benzene rings is 3. The Kier molecular flexibility index (Phi) is 7.64. The molecule has 1 spiro atoms. The molecule has 0 atom stereocenters. The Labute approximate surface area is 237 Å². The number of hydrogen-bond acceptors (Lipinski definition) is 5. The van der Waals surface area contributed by atoms with E-state index in [1.807, 2.05) is 30.3 Å². The van der Waals surface area contributed by atoms with Crippen LogP contribution in [0.1, 0.15) is 32.3 Å². The number of hydrogen-bond donors (Lipinski definition) is 2. The normalized spacial score (nSPS) is 17.0. The van der Waals surface area contributed by atoms with Crippen LogP contribution < -0.4 is 20.3 Å². The van der Waals surface area contributed by atoms with Gasteiger partial charge in [0.1, 0.15) is 5.75 Å². The summed E-state index contributed by atoms with van der Waals surface area (Å²) in [4.78, 5) is 15.0. The number of rotatable bonds is 6. The molecule has 41 heavy (non-hydrogen) atoms. The van der Waals surface area contributed by atoms with Gasteiger partial charge in [-0.05, 0) is 74.7 Å². The average molecular weight is 589 g/mol. The maximum Gasteiger partial charge on any atom is 0.573 e. The molecule has 1 fully saturated rings. The molecule has 2 N–H and O–H groups in total. The largest absolute Gasteiger partial charge is 0.573 e. The lowest BCUT2D eigenvalue weighted by molar-refractivity contribution is -0.274. The van der Waals surface area contributed by atoms with E-state index in [9.17, 15) is 26.4 Å². The van der Waals surface area contributed by atoms with Gasteiger partial charge in [0.05, 0.1) is 16.6 Å². The summed E-state index contributed by atoms with van der Waals surface area (Å²) in [6.07, 6.45) is -3.45. The summed E-state index contributed by atoms with van der Waals surface area (Å²) in [5.74, 6) is -0.386. The number of alkyl halides is 3. The third-order valence-corrected chi connectivity index (χ3v) is 9.93. The molecule has 2 aliphatic rings. The fourth-order valence-corrected chi connectivity index (χ4v) is 6.87. The van der Waals surface area contributed by atoms with E-state index < -0.39 is 27.7 Å². The maximum atomic E-state index is 12.9. The van der Waals surface area contributed by atoms with Crippen LogP contribution in [-0.2, 0) is 15.4 Å². The fourth-order valence-electron chi connectivity index (χ4n) is 5.58. The van der Waals surface area contributed by atoms with Gasteiger partial charge in [0, 0.05) is 36.4 Å². The standard InChI is InChI=1S/C29H31F3N4O4S/c1-20(2)41(38,39)35-17-15-28(16-18-35)19-36(25-9-5-3-7-23(25)28)26-10-6-4-8-24(26)34-27(37)33-21-11-13-22(14-12-21)40-29(30,31)32/h3-14,20H,15-19H2,1-2H3,(H2,33,34,37). The minimum atomic E-state index is -4.80. The van der Waals surface area contributed by atoms with Crippen LogP contribution in [0.15, 0.2) is 72.8 Å². The molecule has 1 saturated heterocycles. The van der Waals surface area contributed by atoms with Crippen LogP contribution in [0.3, 0.4) is 0 Å². The topological polar surface area (TPSA) is 91.0 Å². The number of carbonyl (C=O) groups is 1. The fraction of sp³-hybridized carbons (Fsp3) is 0.345. The van der Waals surface area contributed by atoms with Crippen molar-refractivity contribution in [2.75, 3.05) is 35.2 Å². The van der Waals surface area contributed by atoms with Gasteiger partial charge in [-0.1, -0.05) is 30.3 Å². The highest BCUT2D eigenvalue weighted by molar-refractivity contribution is 7.89. The summed E-state index contributed by atoms with van der Waals surface area (Å²) in [6.45, 7) is 4.91. The van der Waals surface area contributed by atoms with Gasteiger partial charge in [0.25, 0.3) is 0 Å². The Morgan fingerprint density at radius 3 is 2.15 bits per heavy atom. The van der Waals surface area contributed by atoms with E-state index in [4.69, 9.17) is 0 Å². The first-order valence-electron chi connectivity index (χ1n) is 13.3. The molecule has 5 rings (SSSR count). The molecule has 3 aromatic rings. The second kappa shape index (κ2) is 10.9. The second-order valence-corrected chi connectivity index (χ2v) is 13.0. The highest BCUT2D eigenvalue weighted by atomic mass is 32.2. The van der Waals surface area contributed by atoms with Crippen molar-refractivity contribution < 1.29 is 31.1 Å². The molecule has 0 aliphatic carbocycles. The number of urea groups is 1. The first kappa shape index (κ1) is 28.7. The van der Waals surface area contributed by atoms with Gasteiger partial charge in [0.2, 0.25) is 10.0 Å². The lowest BCUT2D eigenvalue weighted by Crippen LogP contribution is -2.48. The van der Waals surface area contributed by atoms with Crippen LogP contribution >= 0.6 is 0 Å². The summed E-state index contributed by atoms with van der Waals surface area (Å²) in [6, 6.07) is 19.8. The van der Waals surface area contributed by atoms with Crippen LogP contribution in [0.5, 0.6) is 5.75 Å². The van der Waals surface area contributed by atoms with Gasteiger partial charge >= 0.3 is 12.4 Å². The molecule has 2 amide bonds. The van der Waals surface area contributed by atoms with Crippen molar-refractivity contribution in [2.24, 2.45) is 0 Å². The van der Waals surface area contributed by atoms with E-state index in [0.717, 1.165) is 29.1 Å². The number of nitrogens with zero attached hydrogens (tertiary/aromatic N) is 2. The van der Waals surface area contributed by atoms with Crippen molar-refractivity contribution in [3.8, 4) is 5.75 Å². The molecule has 0 radical (unpaired) electrons. The van der Waals surface area contributed by atoms with E-state index in [0.29, 0.717) is 43.9 Å². The quantitative estimate of drug-likeness (QED) is 0.345. The Hall–Kier alpha value is -3.77. The molecule has 3 aromatic carbocycles. The van der Waals surface area contributed by atoms with Crippen LogP contribution in [0.2, 0.25) is 0 Å². The Morgan fingerprint density at radius 1 is 0.902 bits per heavy atom. The predicted molar refractivity (Wildman–Crippen MR) is 152 cm³/mol. The van der Waals surface area contributed by atoms with Crippen LogP contribution in [-0.4, -0.2) is 50.0 Å². The number of piperidine rings is 1. The smallest absolute Gasteiger partial charge is 0.406 e. The minimum absolute atomic E-state index is 0.241. The van der Waals surface area contributed by atoms with Gasteiger partial charge in [-0.3, -0.25) is 0 Å². The molecule has 0 unspecified atom stereocenters. The lowest BCUT2D eigenvalue weighted by atomic mass is 9.75. The highest BCUT2D eigenvalue weighted by Gasteiger charge is 2.47. The summed E-state index contributed by atoms with van der Waals surface area (Å²) in [5.41, 5.74) is 3.54. The third-order valence-electron chi connectivity index (χ3n) is 7.65. The molecule has 8 nitrogen and oxygen atoms in total. The van der Waals surface area contributed by atoms with Crippen molar-refractivity contribution in [1.82, 2.24) is 4.31 Å². The zero-order valence-corrected chi connectivity index (χ0v) is 23.4. The molecular formula is C29H31F3N4O4S. The number of sulfonamides is 1. The molecule has 2 heterocycles. The summed E-state index contributed by atoms with van der Waals surface area (Å²) < 4.78 is 68.3. The Morgan fingerprint density at radius 2 is 1.51 bits per heavy atom. The third kappa shape index (κ3) is 5.98. The SMILES string of the molecule is CC(C)S(=O)(=O)N1CCC2(CC1)CN(c1ccccc1NC(=O)Nc1ccc(OC(F)(F)F)cc1)c1ccccc12. The van der Waals surface area contributed by atoms with Gasteiger partial charge in [-0.2, -0.15) is 0 Å². The zero-order valence-electron chi connectivity index (χ0n) is 22.6. The number of fused-ring (bicyclic) bond motifs is 2. The van der Waals surface area contributed by atoms with Crippen molar-refractivity contribution in [3.63, 3.8) is 0 Å². The van der Waals surface area contributed by atoms with E-state index >= 15 is 0 Å². The van der Waals surface area contributed by atoms with Crippen LogP contribution in [0.25, 0.3) is 0 Å². The Bertz CT molecular complexity index is 1520. The molecule has 2 aliphatic heterocycles. The first-order valence-corrected chi connectivity index (χ1v) is 14.8. The molecule has 12 heteroatoms. The molecular weight excluding hydrogens is 557 g/mol. The molecule has 0 aromatic heterocycles. The number of halogens is 3. The number of nitrogens with one attached hydrogen (secondary N) is 2. The predicted octanol–water partition coefficient (Wildman–Crippen LogP) is 6.45. The van der Waals surface area contributed by atoms with Crippen molar-refractivity contribution >= 4 is 38.8 Å². The van der Waals surface area contributed by atoms with E-state index in [1.54, 1.807) is 30.3 Å². The van der Waals surface area contributed by atoms with E-state index in [2.05, 4.69) is 26.3 Å². The first-order chi connectivity index (χ1) is 19.4. The number of ether oxygens (including phenoxy) is 1. The van der Waals surface area contributed by atoms with Crippen LogP contribution in [0, 0.1) is 0 Å². The highest BCUT2D eigenvalue weighted by Crippen LogP contribution is 2.51. The number of para-hydroxylation sites is 3. The van der Waals surface area contributed by atoms with Gasteiger partial charge in [0.15, 0.2) is 0 Å².